The Labute approximate surface area is 274 Å². The maximum atomic E-state index is 14.4. The maximum absolute atomic E-state index is 14.4. The molecule has 8 nitrogen and oxygen atoms in total. The molecule has 3 aromatic rings. The Hall–Kier alpha value is -2.98. The minimum Gasteiger partial charge on any atom is -0.495 e. The molecule has 12 heteroatoms. The minimum absolute atomic E-state index is 0.0174. The van der Waals surface area contributed by atoms with Gasteiger partial charge in [0.25, 0.3) is 10.0 Å². The summed E-state index contributed by atoms with van der Waals surface area (Å²) in [4.78, 5) is 29.4. The first-order valence-corrected chi connectivity index (χ1v) is 17.0. The number of ether oxygens (including phenoxy) is 1. The van der Waals surface area contributed by atoms with Crippen molar-refractivity contribution in [2.75, 3.05) is 18.0 Å². The summed E-state index contributed by atoms with van der Waals surface area (Å²) in [6.07, 6.45) is 4.09. The second kappa shape index (κ2) is 14.9. The van der Waals surface area contributed by atoms with Crippen LogP contribution < -0.4 is 14.4 Å². The van der Waals surface area contributed by atoms with Gasteiger partial charge < -0.3 is 15.0 Å². The Kier molecular flexibility index (Phi) is 11.5. The fraction of sp³-hybridized carbons (Fsp3) is 0.375. The SMILES string of the molecule is CC[C@@H](C(=O)NC1CCCC1)N(Cc1ccc(Cl)cc1Cl)C(=O)CN(c1cc(Cl)ccc1OC)S(=O)(=O)c1ccc(C)cc1. The molecule has 0 heterocycles. The Bertz CT molecular complexity index is 1600. The summed E-state index contributed by atoms with van der Waals surface area (Å²) < 4.78 is 34.8. The monoisotopic (exact) mass is 679 g/mol. The predicted molar refractivity (Wildman–Crippen MR) is 175 cm³/mol. The van der Waals surface area contributed by atoms with Crippen molar-refractivity contribution in [1.82, 2.24) is 10.2 Å². The summed E-state index contributed by atoms with van der Waals surface area (Å²) in [5.74, 6) is -0.704. The standard InChI is InChI=1S/C32H36Cl3N3O5S/c1-4-28(32(40)36-25-7-5-6-8-25)37(19-22-11-12-23(33)17-27(22)35)31(39)20-38(29-18-24(34)13-16-30(29)43-3)44(41,42)26-14-9-21(2)10-15-26/h9-18,25,28H,4-8,19-20H2,1-3H3,(H,36,40)/t28-/m0/s1. The Balaban J connectivity index is 1.78. The van der Waals surface area contributed by atoms with E-state index in [4.69, 9.17) is 39.5 Å². The molecule has 0 aromatic heterocycles. The third-order valence-corrected chi connectivity index (χ3v) is 10.3. The fourth-order valence-electron chi connectivity index (χ4n) is 5.33. The molecule has 3 aromatic carbocycles. The molecule has 0 bridgehead atoms. The van der Waals surface area contributed by atoms with Crippen LogP contribution in [0.1, 0.15) is 50.2 Å². The van der Waals surface area contributed by atoms with Crippen LogP contribution in [-0.4, -0.2) is 50.9 Å². The number of methoxy groups -OCH3 is 1. The Morgan fingerprint density at radius 3 is 2.23 bits per heavy atom. The number of nitrogens with one attached hydrogen (secondary N) is 1. The van der Waals surface area contributed by atoms with Gasteiger partial charge in [0.2, 0.25) is 11.8 Å². The summed E-state index contributed by atoms with van der Waals surface area (Å²) in [6.45, 7) is 2.98. The molecule has 44 heavy (non-hydrogen) atoms. The molecule has 0 radical (unpaired) electrons. The molecule has 4 rings (SSSR count). The molecule has 2 amide bonds. The van der Waals surface area contributed by atoms with E-state index in [2.05, 4.69) is 5.32 Å². The van der Waals surface area contributed by atoms with Crippen LogP contribution in [0.2, 0.25) is 15.1 Å². The van der Waals surface area contributed by atoms with Crippen molar-refractivity contribution in [3.05, 3.63) is 86.9 Å². The smallest absolute Gasteiger partial charge is 0.264 e. The lowest BCUT2D eigenvalue weighted by molar-refractivity contribution is -0.140. The van der Waals surface area contributed by atoms with Crippen molar-refractivity contribution in [2.45, 2.75) is 69.5 Å². The molecule has 1 aliphatic rings. The number of hydrogen-bond donors (Lipinski definition) is 1. The summed E-state index contributed by atoms with van der Waals surface area (Å²) in [7, 11) is -2.90. The van der Waals surface area contributed by atoms with Crippen molar-refractivity contribution < 1.29 is 22.7 Å². The number of nitrogens with zero attached hydrogens (tertiary/aromatic N) is 2. The van der Waals surface area contributed by atoms with Gasteiger partial charge >= 0.3 is 0 Å². The Morgan fingerprint density at radius 1 is 0.977 bits per heavy atom. The zero-order valence-corrected chi connectivity index (χ0v) is 27.9. The largest absolute Gasteiger partial charge is 0.495 e. The van der Waals surface area contributed by atoms with Crippen LogP contribution in [0.3, 0.4) is 0 Å². The highest BCUT2D eigenvalue weighted by molar-refractivity contribution is 7.92. The van der Waals surface area contributed by atoms with Gasteiger partial charge in [0.05, 0.1) is 17.7 Å². The van der Waals surface area contributed by atoms with Crippen molar-refractivity contribution in [3.63, 3.8) is 0 Å². The van der Waals surface area contributed by atoms with Crippen molar-refractivity contribution in [2.24, 2.45) is 0 Å². The van der Waals surface area contributed by atoms with E-state index in [1.54, 1.807) is 36.4 Å². The number of sulfonamides is 1. The topological polar surface area (TPSA) is 96.0 Å². The molecule has 1 aliphatic carbocycles. The molecule has 0 aliphatic heterocycles. The Morgan fingerprint density at radius 2 is 1.61 bits per heavy atom. The van der Waals surface area contributed by atoms with Crippen molar-refractivity contribution in [1.29, 1.82) is 0 Å². The number of halogens is 3. The first-order valence-electron chi connectivity index (χ1n) is 14.4. The lowest BCUT2D eigenvalue weighted by Crippen LogP contribution is -2.53. The molecule has 1 fully saturated rings. The van der Waals surface area contributed by atoms with Gasteiger partial charge in [0.15, 0.2) is 0 Å². The average Bonchev–Trinajstić information content (AvgIpc) is 3.50. The second-order valence-corrected chi connectivity index (χ2v) is 14.0. The lowest BCUT2D eigenvalue weighted by Gasteiger charge is -2.34. The molecular weight excluding hydrogens is 645 g/mol. The zero-order chi connectivity index (χ0) is 32.0. The highest BCUT2D eigenvalue weighted by Gasteiger charge is 2.36. The van der Waals surface area contributed by atoms with Crippen LogP contribution in [0.15, 0.2) is 65.6 Å². The predicted octanol–water partition coefficient (Wildman–Crippen LogP) is 7.03. The number of anilines is 1. The van der Waals surface area contributed by atoms with Crippen LogP contribution in [-0.2, 0) is 26.2 Å². The molecule has 0 saturated heterocycles. The number of carbonyl (C=O) groups excluding carboxylic acids is 2. The molecule has 1 saturated carbocycles. The van der Waals surface area contributed by atoms with E-state index < -0.39 is 28.5 Å². The van der Waals surface area contributed by atoms with E-state index in [1.807, 2.05) is 13.8 Å². The van der Waals surface area contributed by atoms with Crippen molar-refractivity contribution in [3.8, 4) is 5.75 Å². The van der Waals surface area contributed by atoms with Gasteiger partial charge in [-0.1, -0.05) is 78.3 Å². The third-order valence-electron chi connectivity index (χ3n) is 7.74. The first kappa shape index (κ1) is 33.9. The first-order chi connectivity index (χ1) is 20.9. The van der Waals surface area contributed by atoms with E-state index in [0.29, 0.717) is 22.0 Å². The van der Waals surface area contributed by atoms with Crippen LogP contribution in [0, 0.1) is 6.92 Å². The molecule has 1 N–H and O–H groups in total. The number of carbonyl (C=O) groups is 2. The normalized spacial score (nSPS) is 14.2. The van der Waals surface area contributed by atoms with E-state index in [0.717, 1.165) is 35.6 Å². The number of rotatable bonds is 12. The second-order valence-electron chi connectivity index (χ2n) is 10.8. The van der Waals surface area contributed by atoms with Crippen LogP contribution in [0.25, 0.3) is 0 Å². The third kappa shape index (κ3) is 7.99. The lowest BCUT2D eigenvalue weighted by atomic mass is 10.1. The highest BCUT2D eigenvalue weighted by atomic mass is 35.5. The molecule has 236 valence electrons. The van der Waals surface area contributed by atoms with Gasteiger partial charge in [-0.15, -0.1) is 0 Å². The van der Waals surface area contributed by atoms with Gasteiger partial charge in [0, 0.05) is 27.7 Å². The van der Waals surface area contributed by atoms with Crippen LogP contribution >= 0.6 is 34.8 Å². The molecule has 0 spiro atoms. The molecule has 1 atom stereocenters. The van der Waals surface area contributed by atoms with Gasteiger partial charge in [-0.05, 0) is 74.2 Å². The number of amides is 2. The van der Waals surface area contributed by atoms with Gasteiger partial charge in [-0.3, -0.25) is 13.9 Å². The quantitative estimate of drug-likeness (QED) is 0.222. The minimum atomic E-state index is -4.30. The van der Waals surface area contributed by atoms with E-state index >= 15 is 0 Å². The fourth-order valence-corrected chi connectivity index (χ4v) is 7.38. The van der Waals surface area contributed by atoms with Crippen LogP contribution in [0.5, 0.6) is 5.75 Å². The number of aryl methyl sites for hydroxylation is 1. The van der Waals surface area contributed by atoms with Gasteiger partial charge in [-0.25, -0.2) is 8.42 Å². The van der Waals surface area contributed by atoms with E-state index in [-0.39, 0.29) is 39.8 Å². The summed E-state index contributed by atoms with van der Waals surface area (Å²) >= 11 is 18.9. The van der Waals surface area contributed by atoms with E-state index in [9.17, 15) is 18.0 Å². The summed E-state index contributed by atoms with van der Waals surface area (Å²) in [5, 5.41) is 4.09. The van der Waals surface area contributed by atoms with Gasteiger partial charge in [-0.2, -0.15) is 0 Å². The average molecular weight is 681 g/mol. The molecule has 0 unspecified atom stereocenters. The zero-order valence-electron chi connectivity index (χ0n) is 24.9. The highest BCUT2D eigenvalue weighted by Crippen LogP contribution is 2.35. The summed E-state index contributed by atoms with van der Waals surface area (Å²) in [5.41, 5.74) is 1.52. The molecular formula is C32H36Cl3N3O5S. The van der Waals surface area contributed by atoms with Crippen LogP contribution in [0.4, 0.5) is 5.69 Å². The van der Waals surface area contributed by atoms with Gasteiger partial charge in [0.1, 0.15) is 18.3 Å². The van der Waals surface area contributed by atoms with Crippen molar-refractivity contribution >= 4 is 62.3 Å². The number of hydrogen-bond acceptors (Lipinski definition) is 5. The number of benzene rings is 3. The maximum Gasteiger partial charge on any atom is 0.264 e. The summed E-state index contributed by atoms with van der Waals surface area (Å²) in [6, 6.07) is 14.9. The van der Waals surface area contributed by atoms with E-state index in [1.165, 1.54) is 36.3 Å².